The number of piperidine rings is 1. The van der Waals surface area contributed by atoms with Gasteiger partial charge in [0.05, 0.1) is 6.54 Å². The van der Waals surface area contributed by atoms with Gasteiger partial charge in [0, 0.05) is 37.6 Å². The van der Waals surface area contributed by atoms with Gasteiger partial charge < -0.3 is 9.47 Å². The van der Waals surface area contributed by atoms with Gasteiger partial charge in [-0.2, -0.15) is 0 Å². The van der Waals surface area contributed by atoms with Crippen LogP contribution < -0.4 is 9.62 Å². The summed E-state index contributed by atoms with van der Waals surface area (Å²) in [4.78, 5) is 15.3. The average Bonchev–Trinajstić information content (AvgIpc) is 3.02. The minimum Gasteiger partial charge on any atom is -0.357 e. The van der Waals surface area contributed by atoms with Crippen LogP contribution in [-0.2, 0) is 23.1 Å². The summed E-state index contributed by atoms with van der Waals surface area (Å²) in [5.41, 5.74) is 0.834. The van der Waals surface area contributed by atoms with Gasteiger partial charge in [0.1, 0.15) is 17.5 Å². The van der Waals surface area contributed by atoms with Crippen LogP contribution in [0.4, 0.5) is 5.82 Å². The van der Waals surface area contributed by atoms with E-state index in [1.165, 1.54) is 6.42 Å². The Bertz CT molecular complexity index is 871. The monoisotopic (exact) mass is 378 g/mol. The van der Waals surface area contributed by atoms with Gasteiger partial charge in [0.25, 0.3) is 10.0 Å². The lowest BCUT2D eigenvalue weighted by Crippen LogP contribution is -2.31. The van der Waals surface area contributed by atoms with Crippen molar-refractivity contribution in [3.63, 3.8) is 0 Å². The molecule has 9 heteroatoms. The summed E-state index contributed by atoms with van der Waals surface area (Å²) in [7, 11) is -3.70. The highest BCUT2D eigenvalue weighted by atomic mass is 32.2. The molecule has 1 aliphatic rings. The van der Waals surface area contributed by atoms with Crippen molar-refractivity contribution in [3.8, 4) is 0 Å². The number of sulfonamides is 1. The number of imidazole rings is 1. The maximum Gasteiger partial charge on any atom is 0.260 e. The third-order valence-electron chi connectivity index (χ3n) is 4.56. The van der Waals surface area contributed by atoms with Crippen molar-refractivity contribution in [3.05, 3.63) is 29.6 Å². The third-order valence-corrected chi connectivity index (χ3v) is 5.83. The van der Waals surface area contributed by atoms with Crippen LogP contribution in [0, 0.1) is 13.8 Å². The number of hydrogen-bond acceptors (Lipinski definition) is 6. The molecule has 0 aliphatic carbocycles. The first-order valence-corrected chi connectivity index (χ1v) is 10.5. The van der Waals surface area contributed by atoms with E-state index < -0.39 is 10.0 Å². The summed E-state index contributed by atoms with van der Waals surface area (Å²) < 4.78 is 29.4. The fraction of sp³-hybridized carbons (Fsp3) is 0.588. The second kappa shape index (κ2) is 7.71. The Morgan fingerprint density at radius 3 is 2.50 bits per heavy atom. The highest BCUT2D eigenvalue weighted by Gasteiger charge is 2.20. The van der Waals surface area contributed by atoms with E-state index in [1.54, 1.807) is 17.7 Å². The molecule has 8 nitrogen and oxygen atoms in total. The maximum atomic E-state index is 12.5. The molecular formula is C17H26N6O2S. The molecule has 3 heterocycles. The molecule has 0 bridgehead atoms. The second-order valence-electron chi connectivity index (χ2n) is 6.57. The molecule has 1 saturated heterocycles. The van der Waals surface area contributed by atoms with Crippen LogP contribution in [0.15, 0.2) is 17.3 Å². The molecule has 0 atom stereocenters. The number of aromatic nitrogens is 4. The Labute approximate surface area is 154 Å². The Morgan fingerprint density at radius 2 is 1.85 bits per heavy atom. The highest BCUT2D eigenvalue weighted by Crippen LogP contribution is 2.18. The standard InChI is InChI=1S/C17H26N6O2S/c1-4-22-12-17(20-14(22)3)26(24,25)18-11-15-19-13(2)10-16(21-15)23-8-6-5-7-9-23/h10,12,18H,4-9,11H2,1-3H3. The van der Waals surface area contributed by atoms with Gasteiger partial charge >= 0.3 is 0 Å². The van der Waals surface area contributed by atoms with Crippen LogP contribution in [0.5, 0.6) is 0 Å². The molecule has 142 valence electrons. The van der Waals surface area contributed by atoms with Crippen molar-refractivity contribution >= 4 is 15.8 Å². The predicted molar refractivity (Wildman–Crippen MR) is 99.5 cm³/mol. The van der Waals surface area contributed by atoms with E-state index in [0.29, 0.717) is 18.2 Å². The summed E-state index contributed by atoms with van der Waals surface area (Å²) in [6.45, 7) is 8.32. The SMILES string of the molecule is CCn1cc(S(=O)(=O)NCc2nc(C)cc(N3CCCCC3)n2)nc1C. The third kappa shape index (κ3) is 4.21. The van der Waals surface area contributed by atoms with Crippen molar-refractivity contribution in [2.75, 3.05) is 18.0 Å². The minimum atomic E-state index is -3.70. The zero-order valence-electron chi connectivity index (χ0n) is 15.6. The topological polar surface area (TPSA) is 93.0 Å². The fourth-order valence-corrected chi connectivity index (χ4v) is 4.12. The van der Waals surface area contributed by atoms with Crippen molar-refractivity contribution < 1.29 is 8.42 Å². The number of anilines is 1. The molecular weight excluding hydrogens is 352 g/mol. The van der Waals surface area contributed by atoms with Gasteiger partial charge in [0.2, 0.25) is 0 Å². The number of nitrogens with one attached hydrogen (secondary N) is 1. The Hall–Kier alpha value is -2.00. The lowest BCUT2D eigenvalue weighted by atomic mass is 10.1. The van der Waals surface area contributed by atoms with Crippen molar-refractivity contribution in [1.29, 1.82) is 0 Å². The van der Waals surface area contributed by atoms with Gasteiger partial charge in [-0.15, -0.1) is 0 Å². The Kier molecular flexibility index (Phi) is 5.57. The van der Waals surface area contributed by atoms with E-state index in [-0.39, 0.29) is 11.6 Å². The Morgan fingerprint density at radius 1 is 1.12 bits per heavy atom. The van der Waals surface area contributed by atoms with Crippen molar-refractivity contribution in [2.45, 2.75) is 58.1 Å². The number of aryl methyl sites for hydroxylation is 3. The molecule has 0 aromatic carbocycles. The lowest BCUT2D eigenvalue weighted by molar-refractivity contribution is 0.568. The summed E-state index contributed by atoms with van der Waals surface area (Å²) in [6.07, 6.45) is 5.11. The molecule has 0 spiro atoms. The summed E-state index contributed by atoms with van der Waals surface area (Å²) in [5.74, 6) is 2.02. The summed E-state index contributed by atoms with van der Waals surface area (Å²) in [5, 5.41) is 0.0285. The van der Waals surface area contributed by atoms with Crippen LogP contribution >= 0.6 is 0 Å². The summed E-state index contributed by atoms with van der Waals surface area (Å²) in [6, 6.07) is 1.95. The zero-order chi connectivity index (χ0) is 18.7. The van der Waals surface area contributed by atoms with E-state index in [1.807, 2.05) is 19.9 Å². The quantitative estimate of drug-likeness (QED) is 0.824. The first-order valence-electron chi connectivity index (χ1n) is 9.02. The lowest BCUT2D eigenvalue weighted by Gasteiger charge is -2.28. The van der Waals surface area contributed by atoms with Crippen LogP contribution in [0.2, 0.25) is 0 Å². The normalized spacial score (nSPS) is 15.4. The molecule has 1 aliphatic heterocycles. The first-order chi connectivity index (χ1) is 12.4. The van der Waals surface area contributed by atoms with Crippen molar-refractivity contribution in [2.24, 2.45) is 0 Å². The number of rotatable bonds is 6. The Balaban J connectivity index is 1.75. The largest absolute Gasteiger partial charge is 0.357 e. The molecule has 3 rings (SSSR count). The maximum absolute atomic E-state index is 12.5. The van der Waals surface area contributed by atoms with Crippen LogP contribution in [0.25, 0.3) is 0 Å². The van der Waals surface area contributed by atoms with Gasteiger partial charge in [-0.05, 0) is 40.0 Å². The van der Waals surface area contributed by atoms with Crippen LogP contribution in [-0.4, -0.2) is 41.0 Å². The summed E-state index contributed by atoms with van der Waals surface area (Å²) >= 11 is 0. The zero-order valence-corrected chi connectivity index (χ0v) is 16.4. The van der Waals surface area contributed by atoms with E-state index in [2.05, 4.69) is 24.6 Å². The fourth-order valence-electron chi connectivity index (χ4n) is 3.14. The number of nitrogens with zero attached hydrogens (tertiary/aromatic N) is 5. The highest BCUT2D eigenvalue weighted by molar-refractivity contribution is 7.89. The van der Waals surface area contributed by atoms with E-state index in [0.717, 1.165) is 37.4 Å². The number of hydrogen-bond donors (Lipinski definition) is 1. The molecule has 2 aromatic rings. The van der Waals surface area contributed by atoms with Gasteiger partial charge in [-0.25, -0.2) is 28.1 Å². The molecule has 1 fully saturated rings. The van der Waals surface area contributed by atoms with Gasteiger partial charge in [0.15, 0.2) is 5.03 Å². The van der Waals surface area contributed by atoms with Crippen LogP contribution in [0.3, 0.4) is 0 Å². The van der Waals surface area contributed by atoms with Crippen LogP contribution in [0.1, 0.15) is 43.5 Å². The minimum absolute atomic E-state index is 0.0285. The van der Waals surface area contributed by atoms with E-state index >= 15 is 0 Å². The first kappa shape index (κ1) is 18.8. The molecule has 0 saturated carbocycles. The van der Waals surface area contributed by atoms with E-state index in [4.69, 9.17) is 0 Å². The molecule has 0 radical (unpaired) electrons. The predicted octanol–water partition coefficient (Wildman–Crippen LogP) is 1.78. The molecule has 0 amide bonds. The average molecular weight is 379 g/mol. The van der Waals surface area contributed by atoms with Gasteiger partial charge in [-0.1, -0.05) is 0 Å². The molecule has 1 N–H and O–H groups in total. The van der Waals surface area contributed by atoms with Gasteiger partial charge in [-0.3, -0.25) is 0 Å². The van der Waals surface area contributed by atoms with E-state index in [9.17, 15) is 8.42 Å². The molecule has 0 unspecified atom stereocenters. The smallest absolute Gasteiger partial charge is 0.260 e. The van der Waals surface area contributed by atoms with Crippen molar-refractivity contribution in [1.82, 2.24) is 24.2 Å². The second-order valence-corrected chi connectivity index (χ2v) is 8.28. The molecule has 2 aromatic heterocycles. The molecule has 26 heavy (non-hydrogen) atoms.